The Labute approximate surface area is 56.7 Å². The molecule has 0 aliphatic rings. The molecule has 4 heteroatoms. The van der Waals surface area contributed by atoms with Gasteiger partial charge < -0.3 is 19.4 Å². The van der Waals surface area contributed by atoms with E-state index in [1.165, 1.54) is 12.1 Å². The largest absolute Gasteiger partial charge is 0.542 e. The predicted molar refractivity (Wildman–Crippen MR) is 29.0 cm³/mol. The summed E-state index contributed by atoms with van der Waals surface area (Å²) in [4.78, 5) is 10.0. The van der Waals surface area contributed by atoms with Crippen LogP contribution in [0.1, 0.15) is 16.3 Å². The Morgan fingerprint density at radius 2 is 2.40 bits per heavy atom. The third-order valence-corrected chi connectivity index (χ3v) is 1.02. The van der Waals surface area contributed by atoms with Crippen LogP contribution in [0.15, 0.2) is 16.5 Å². The Morgan fingerprint density at radius 3 is 2.70 bits per heavy atom. The number of carboxylic acid groups (broad SMARTS) is 1. The molecule has 0 fully saturated rings. The standard InChI is InChI=1S/C6H6O4/c7-3-4-1-2-5(10-4)6(8)9/h1-2,7H,3H2,(H,8,9)/p-1. The maximum absolute atomic E-state index is 10.0. The normalized spacial score (nSPS) is 9.70. The van der Waals surface area contributed by atoms with Crippen LogP contribution in [0.5, 0.6) is 0 Å². The van der Waals surface area contributed by atoms with E-state index in [4.69, 9.17) is 5.11 Å². The van der Waals surface area contributed by atoms with Crippen LogP contribution in [-0.2, 0) is 6.61 Å². The van der Waals surface area contributed by atoms with Crippen LogP contribution in [-0.4, -0.2) is 11.1 Å². The van der Waals surface area contributed by atoms with Gasteiger partial charge in [-0.25, -0.2) is 0 Å². The number of carbonyl (C=O) groups is 1. The maximum Gasteiger partial charge on any atom is 0.149 e. The van der Waals surface area contributed by atoms with Crippen LogP contribution in [0.25, 0.3) is 0 Å². The molecule has 1 N–H and O–H groups in total. The van der Waals surface area contributed by atoms with Crippen molar-refractivity contribution in [2.75, 3.05) is 0 Å². The lowest BCUT2D eigenvalue weighted by molar-refractivity contribution is -0.257. The van der Waals surface area contributed by atoms with Gasteiger partial charge in [0, 0.05) is 0 Å². The van der Waals surface area contributed by atoms with Gasteiger partial charge in [-0.3, -0.25) is 0 Å². The van der Waals surface area contributed by atoms with E-state index in [0.717, 1.165) is 0 Å². The van der Waals surface area contributed by atoms with E-state index in [2.05, 4.69) is 4.42 Å². The Hall–Kier alpha value is -1.29. The average molecular weight is 141 g/mol. The lowest BCUT2D eigenvalue weighted by atomic mass is 10.4. The molecule has 0 aliphatic heterocycles. The predicted octanol–water partition coefficient (Wildman–Crippen LogP) is -0.865. The van der Waals surface area contributed by atoms with Crippen LogP contribution in [0, 0.1) is 0 Å². The van der Waals surface area contributed by atoms with Crippen molar-refractivity contribution in [1.29, 1.82) is 0 Å². The van der Waals surface area contributed by atoms with Crippen LogP contribution in [0.3, 0.4) is 0 Å². The van der Waals surface area contributed by atoms with Crippen LogP contribution >= 0.6 is 0 Å². The van der Waals surface area contributed by atoms with E-state index in [9.17, 15) is 9.90 Å². The lowest BCUT2D eigenvalue weighted by Crippen LogP contribution is -2.21. The molecule has 1 aromatic rings. The van der Waals surface area contributed by atoms with Gasteiger partial charge in [0.2, 0.25) is 0 Å². The fourth-order valence-corrected chi connectivity index (χ4v) is 0.573. The molecular weight excluding hydrogens is 136 g/mol. The number of rotatable bonds is 2. The first-order chi connectivity index (χ1) is 4.74. The Bertz CT molecular complexity index is 238. The lowest BCUT2D eigenvalue weighted by Gasteiger charge is -1.93. The van der Waals surface area contributed by atoms with Crippen molar-refractivity contribution in [3.05, 3.63) is 23.7 Å². The van der Waals surface area contributed by atoms with Crippen molar-refractivity contribution >= 4 is 5.97 Å². The minimum Gasteiger partial charge on any atom is -0.542 e. The monoisotopic (exact) mass is 141 g/mol. The summed E-state index contributed by atoms with van der Waals surface area (Å²) in [5.41, 5.74) is 0. The number of aliphatic hydroxyl groups excluding tert-OH is 1. The van der Waals surface area contributed by atoms with Gasteiger partial charge in [0.15, 0.2) is 0 Å². The molecule has 0 spiro atoms. The Kier molecular flexibility index (Phi) is 1.73. The number of carboxylic acids is 1. The second-order valence-corrected chi connectivity index (χ2v) is 1.71. The van der Waals surface area contributed by atoms with Gasteiger partial charge in [-0.05, 0) is 12.1 Å². The molecule has 0 saturated heterocycles. The quantitative estimate of drug-likeness (QED) is 0.581. The fourth-order valence-electron chi connectivity index (χ4n) is 0.573. The minimum atomic E-state index is -1.38. The highest BCUT2D eigenvalue weighted by molar-refractivity contribution is 5.82. The first kappa shape index (κ1) is 6.82. The van der Waals surface area contributed by atoms with Gasteiger partial charge in [0.25, 0.3) is 0 Å². The van der Waals surface area contributed by atoms with Gasteiger partial charge in [0.05, 0.1) is 0 Å². The Morgan fingerprint density at radius 1 is 1.70 bits per heavy atom. The van der Waals surface area contributed by atoms with Crippen molar-refractivity contribution in [1.82, 2.24) is 0 Å². The molecule has 0 radical (unpaired) electrons. The third-order valence-electron chi connectivity index (χ3n) is 1.02. The summed E-state index contributed by atoms with van der Waals surface area (Å²) in [6.45, 7) is -0.298. The van der Waals surface area contributed by atoms with Crippen molar-refractivity contribution in [2.45, 2.75) is 6.61 Å². The molecule has 0 atom stereocenters. The van der Waals surface area contributed by atoms with Crippen LogP contribution in [0.4, 0.5) is 0 Å². The summed E-state index contributed by atoms with van der Waals surface area (Å²) < 4.78 is 4.58. The number of hydrogen-bond donors (Lipinski definition) is 1. The topological polar surface area (TPSA) is 73.5 Å². The molecule has 1 heterocycles. The second kappa shape index (κ2) is 2.53. The zero-order valence-corrected chi connectivity index (χ0v) is 5.03. The molecule has 0 saturated carbocycles. The first-order valence-corrected chi connectivity index (χ1v) is 2.65. The second-order valence-electron chi connectivity index (χ2n) is 1.71. The van der Waals surface area contributed by atoms with Gasteiger partial charge in [-0.15, -0.1) is 0 Å². The first-order valence-electron chi connectivity index (χ1n) is 2.65. The number of aliphatic hydroxyl groups is 1. The molecule has 10 heavy (non-hydrogen) atoms. The maximum atomic E-state index is 10.0. The van der Waals surface area contributed by atoms with E-state index in [0.29, 0.717) is 0 Å². The van der Waals surface area contributed by atoms with Gasteiger partial charge in [-0.2, -0.15) is 0 Å². The molecule has 0 bridgehead atoms. The molecule has 0 aromatic carbocycles. The minimum absolute atomic E-state index is 0.221. The molecule has 1 rings (SSSR count). The molecule has 0 amide bonds. The average Bonchev–Trinajstić information content (AvgIpc) is 2.34. The summed E-state index contributed by atoms with van der Waals surface area (Å²) in [6, 6.07) is 2.62. The zero-order chi connectivity index (χ0) is 7.56. The van der Waals surface area contributed by atoms with E-state index < -0.39 is 5.97 Å². The van der Waals surface area contributed by atoms with Crippen molar-refractivity contribution in [3.8, 4) is 0 Å². The van der Waals surface area contributed by atoms with Crippen molar-refractivity contribution in [3.63, 3.8) is 0 Å². The summed E-state index contributed by atoms with van der Waals surface area (Å²) in [7, 11) is 0. The van der Waals surface area contributed by atoms with Crippen molar-refractivity contribution < 1.29 is 19.4 Å². The number of furan rings is 1. The van der Waals surface area contributed by atoms with E-state index in [1.54, 1.807) is 0 Å². The zero-order valence-electron chi connectivity index (χ0n) is 5.03. The summed E-state index contributed by atoms with van der Waals surface area (Å²) >= 11 is 0. The molecule has 4 nitrogen and oxygen atoms in total. The fraction of sp³-hybridized carbons (Fsp3) is 0.167. The molecule has 0 aliphatic carbocycles. The SMILES string of the molecule is O=C([O-])c1ccc(CO)o1. The number of aromatic carboxylic acids is 1. The van der Waals surface area contributed by atoms with E-state index in [1.807, 2.05) is 0 Å². The van der Waals surface area contributed by atoms with Crippen molar-refractivity contribution in [2.24, 2.45) is 0 Å². The highest BCUT2D eigenvalue weighted by atomic mass is 16.4. The summed E-state index contributed by atoms with van der Waals surface area (Å²) in [5, 5.41) is 18.5. The molecular formula is C6H5O4-. The number of carbonyl (C=O) groups excluding carboxylic acids is 1. The third kappa shape index (κ3) is 1.16. The highest BCUT2D eigenvalue weighted by Gasteiger charge is 1.99. The summed E-state index contributed by atoms with van der Waals surface area (Å²) in [5.74, 6) is -1.41. The van der Waals surface area contributed by atoms with Crippen LogP contribution < -0.4 is 5.11 Å². The van der Waals surface area contributed by atoms with Crippen LogP contribution in [0.2, 0.25) is 0 Å². The molecule has 54 valence electrons. The van der Waals surface area contributed by atoms with Gasteiger partial charge in [0.1, 0.15) is 24.1 Å². The smallest absolute Gasteiger partial charge is 0.149 e. The summed E-state index contributed by atoms with van der Waals surface area (Å²) in [6.07, 6.45) is 0. The van der Waals surface area contributed by atoms with E-state index in [-0.39, 0.29) is 18.1 Å². The Balaban J connectivity index is 2.88. The van der Waals surface area contributed by atoms with Gasteiger partial charge >= 0.3 is 0 Å². The van der Waals surface area contributed by atoms with Gasteiger partial charge in [-0.1, -0.05) is 0 Å². The molecule has 1 aromatic heterocycles. The molecule has 0 unspecified atom stereocenters. The van der Waals surface area contributed by atoms with E-state index >= 15 is 0 Å². The number of hydrogen-bond acceptors (Lipinski definition) is 4. The highest BCUT2D eigenvalue weighted by Crippen LogP contribution is 2.05.